The predicted octanol–water partition coefficient (Wildman–Crippen LogP) is 4.33. The highest BCUT2D eigenvalue weighted by atomic mass is 79.9. The number of carbonyl (C=O) groups is 2. The summed E-state index contributed by atoms with van der Waals surface area (Å²) in [5, 5.41) is 2.90. The first-order valence-electron chi connectivity index (χ1n) is 11.5. The number of nitrogens with one attached hydrogen (secondary N) is 1. The van der Waals surface area contributed by atoms with Crippen LogP contribution < -0.4 is 9.62 Å². The van der Waals surface area contributed by atoms with Crippen molar-refractivity contribution in [1.29, 1.82) is 0 Å². The Labute approximate surface area is 211 Å². The zero-order chi connectivity index (χ0) is 25.1. The van der Waals surface area contributed by atoms with Crippen LogP contribution >= 0.6 is 15.9 Å². The minimum Gasteiger partial charge on any atom is -0.354 e. The van der Waals surface area contributed by atoms with Gasteiger partial charge in [0, 0.05) is 30.5 Å². The van der Waals surface area contributed by atoms with Crippen LogP contribution in [0.15, 0.2) is 59.1 Å². The standard InChI is InChI=1S/C25H34BrN3O4S/c1-4-5-17-27-25(31)20(2)28(19-21-13-15-22(26)16-14-21)24(30)12-9-18-29(34(3,32)33)23-10-7-6-8-11-23/h6-8,10-11,13-16,20H,4-5,9,12,17-19H2,1-3H3,(H,27,31). The summed E-state index contributed by atoms with van der Waals surface area (Å²) in [7, 11) is -3.49. The van der Waals surface area contributed by atoms with Gasteiger partial charge in [0.2, 0.25) is 21.8 Å². The van der Waals surface area contributed by atoms with Gasteiger partial charge in [0.05, 0.1) is 11.9 Å². The van der Waals surface area contributed by atoms with Gasteiger partial charge >= 0.3 is 0 Å². The summed E-state index contributed by atoms with van der Waals surface area (Å²) in [6, 6.07) is 15.8. The molecule has 2 amide bonds. The van der Waals surface area contributed by atoms with Gasteiger partial charge in [0.25, 0.3) is 0 Å². The molecule has 1 atom stereocenters. The van der Waals surface area contributed by atoms with Crippen molar-refractivity contribution in [2.45, 2.75) is 52.1 Å². The molecule has 7 nitrogen and oxygen atoms in total. The number of benzene rings is 2. The average molecular weight is 553 g/mol. The van der Waals surface area contributed by atoms with Crippen molar-refractivity contribution in [1.82, 2.24) is 10.2 Å². The van der Waals surface area contributed by atoms with E-state index < -0.39 is 16.1 Å². The van der Waals surface area contributed by atoms with E-state index >= 15 is 0 Å². The third kappa shape index (κ3) is 8.76. The Kier molecular flexibility index (Phi) is 11.0. The summed E-state index contributed by atoms with van der Waals surface area (Å²) < 4.78 is 26.9. The normalized spacial score (nSPS) is 12.1. The molecule has 9 heteroatoms. The molecular formula is C25H34BrN3O4S. The van der Waals surface area contributed by atoms with E-state index in [9.17, 15) is 18.0 Å². The fourth-order valence-corrected chi connectivity index (χ4v) is 4.73. The lowest BCUT2D eigenvalue weighted by molar-refractivity contribution is -0.140. The second-order valence-corrected chi connectivity index (χ2v) is 11.1. The Bertz CT molecular complexity index is 1030. The summed E-state index contributed by atoms with van der Waals surface area (Å²) in [4.78, 5) is 27.5. The Hall–Kier alpha value is -2.39. The molecule has 0 aliphatic carbocycles. The number of carbonyl (C=O) groups excluding carboxylic acids is 2. The molecule has 186 valence electrons. The predicted molar refractivity (Wildman–Crippen MR) is 140 cm³/mol. The van der Waals surface area contributed by atoms with E-state index in [4.69, 9.17) is 0 Å². The van der Waals surface area contributed by atoms with E-state index in [1.54, 1.807) is 36.1 Å². The molecule has 0 spiro atoms. The second kappa shape index (κ2) is 13.5. The number of amides is 2. The molecule has 34 heavy (non-hydrogen) atoms. The van der Waals surface area contributed by atoms with Crippen molar-refractivity contribution in [2.75, 3.05) is 23.7 Å². The summed E-state index contributed by atoms with van der Waals surface area (Å²) >= 11 is 3.41. The number of unbranched alkanes of at least 4 members (excludes halogenated alkanes) is 1. The number of hydrogen-bond donors (Lipinski definition) is 1. The molecule has 2 rings (SSSR count). The van der Waals surface area contributed by atoms with E-state index in [1.165, 1.54) is 4.31 Å². The fraction of sp³-hybridized carbons (Fsp3) is 0.440. The van der Waals surface area contributed by atoms with Crippen molar-refractivity contribution in [3.05, 3.63) is 64.6 Å². The molecule has 2 aromatic carbocycles. The van der Waals surface area contributed by atoms with Crippen LogP contribution in [0.5, 0.6) is 0 Å². The SMILES string of the molecule is CCCCNC(=O)C(C)N(Cc1ccc(Br)cc1)C(=O)CCCN(c1ccccc1)S(C)(=O)=O. The highest BCUT2D eigenvalue weighted by Gasteiger charge is 2.26. The lowest BCUT2D eigenvalue weighted by Gasteiger charge is -2.29. The van der Waals surface area contributed by atoms with Gasteiger partial charge in [0.1, 0.15) is 6.04 Å². The third-order valence-electron chi connectivity index (χ3n) is 5.46. The van der Waals surface area contributed by atoms with Gasteiger partial charge in [-0.1, -0.05) is 59.6 Å². The van der Waals surface area contributed by atoms with Gasteiger partial charge in [-0.05, 0) is 49.6 Å². The van der Waals surface area contributed by atoms with Gasteiger partial charge in [-0.15, -0.1) is 0 Å². The number of sulfonamides is 1. The molecule has 0 fully saturated rings. The van der Waals surface area contributed by atoms with E-state index in [1.807, 2.05) is 37.3 Å². The first kappa shape index (κ1) is 27.9. The molecule has 1 unspecified atom stereocenters. The Morgan fingerprint density at radius 3 is 2.26 bits per heavy atom. The van der Waals surface area contributed by atoms with E-state index in [-0.39, 0.29) is 24.8 Å². The highest BCUT2D eigenvalue weighted by molar-refractivity contribution is 9.10. The van der Waals surface area contributed by atoms with Crippen molar-refractivity contribution < 1.29 is 18.0 Å². The fourth-order valence-electron chi connectivity index (χ4n) is 3.50. The molecule has 0 aliphatic rings. The van der Waals surface area contributed by atoms with Gasteiger partial charge in [-0.25, -0.2) is 8.42 Å². The van der Waals surface area contributed by atoms with Crippen LogP contribution in [0, 0.1) is 0 Å². The average Bonchev–Trinajstić information content (AvgIpc) is 2.80. The molecule has 0 radical (unpaired) electrons. The first-order chi connectivity index (χ1) is 16.1. The number of anilines is 1. The molecule has 0 aliphatic heterocycles. The van der Waals surface area contributed by atoms with Gasteiger partial charge in [-0.2, -0.15) is 0 Å². The van der Waals surface area contributed by atoms with Crippen LogP contribution in [0.1, 0.15) is 45.1 Å². The Morgan fingerprint density at radius 1 is 1.03 bits per heavy atom. The summed E-state index contributed by atoms with van der Waals surface area (Å²) in [5.41, 5.74) is 1.47. The topological polar surface area (TPSA) is 86.8 Å². The quantitative estimate of drug-likeness (QED) is 0.375. The monoisotopic (exact) mass is 551 g/mol. The number of para-hydroxylation sites is 1. The van der Waals surface area contributed by atoms with Crippen LogP contribution in [-0.4, -0.2) is 50.5 Å². The number of rotatable bonds is 13. The summed E-state index contributed by atoms with van der Waals surface area (Å²) in [5.74, 6) is -0.386. The lowest BCUT2D eigenvalue weighted by Crippen LogP contribution is -2.47. The third-order valence-corrected chi connectivity index (χ3v) is 7.18. The maximum atomic E-state index is 13.2. The number of halogens is 1. The van der Waals surface area contributed by atoms with Crippen LogP contribution in [0.3, 0.4) is 0 Å². The molecule has 0 saturated heterocycles. The molecule has 0 aromatic heterocycles. The van der Waals surface area contributed by atoms with Crippen LogP contribution in [0.2, 0.25) is 0 Å². The van der Waals surface area contributed by atoms with Crippen molar-refractivity contribution >= 4 is 43.5 Å². The molecule has 0 saturated carbocycles. The lowest BCUT2D eigenvalue weighted by atomic mass is 10.1. The zero-order valence-corrected chi connectivity index (χ0v) is 22.4. The van der Waals surface area contributed by atoms with Crippen molar-refractivity contribution in [2.24, 2.45) is 0 Å². The van der Waals surface area contributed by atoms with Gasteiger partial charge < -0.3 is 10.2 Å². The number of nitrogens with zero attached hydrogens (tertiary/aromatic N) is 2. The second-order valence-electron chi connectivity index (χ2n) is 8.24. The highest BCUT2D eigenvalue weighted by Crippen LogP contribution is 2.19. The minimum atomic E-state index is -3.49. The molecular weight excluding hydrogens is 518 g/mol. The largest absolute Gasteiger partial charge is 0.354 e. The van der Waals surface area contributed by atoms with Gasteiger partial charge in [0.15, 0.2) is 0 Å². The van der Waals surface area contributed by atoms with E-state index in [0.29, 0.717) is 25.2 Å². The van der Waals surface area contributed by atoms with Crippen LogP contribution in [0.4, 0.5) is 5.69 Å². The minimum absolute atomic E-state index is 0.127. The summed E-state index contributed by atoms with van der Waals surface area (Å²) in [6.07, 6.45) is 3.46. The van der Waals surface area contributed by atoms with Crippen molar-refractivity contribution in [3.8, 4) is 0 Å². The Morgan fingerprint density at radius 2 is 1.68 bits per heavy atom. The molecule has 0 heterocycles. The van der Waals surface area contributed by atoms with Crippen molar-refractivity contribution in [3.63, 3.8) is 0 Å². The summed E-state index contributed by atoms with van der Waals surface area (Å²) in [6.45, 7) is 4.82. The van der Waals surface area contributed by atoms with Crippen LogP contribution in [-0.2, 0) is 26.2 Å². The molecule has 1 N–H and O–H groups in total. The Balaban J connectivity index is 2.11. The molecule has 0 bridgehead atoms. The van der Waals surface area contributed by atoms with Crippen LogP contribution in [0.25, 0.3) is 0 Å². The molecule has 2 aromatic rings. The maximum Gasteiger partial charge on any atom is 0.242 e. The zero-order valence-electron chi connectivity index (χ0n) is 20.0. The van der Waals surface area contributed by atoms with E-state index in [0.717, 1.165) is 29.1 Å². The van der Waals surface area contributed by atoms with E-state index in [2.05, 4.69) is 21.2 Å². The van der Waals surface area contributed by atoms with Gasteiger partial charge in [-0.3, -0.25) is 13.9 Å². The first-order valence-corrected chi connectivity index (χ1v) is 14.1. The number of hydrogen-bond acceptors (Lipinski definition) is 4. The smallest absolute Gasteiger partial charge is 0.242 e. The maximum absolute atomic E-state index is 13.2.